The SMILES string of the molecule is CCCNc1cc(C(=O)NCCN(C)CC)c(Cl)cn1. The Kier molecular flexibility index (Phi) is 7.33. The van der Waals surface area contributed by atoms with Crippen molar-refractivity contribution in [3.8, 4) is 0 Å². The first-order chi connectivity index (χ1) is 9.58. The Hall–Kier alpha value is -1.33. The molecule has 5 nitrogen and oxygen atoms in total. The summed E-state index contributed by atoms with van der Waals surface area (Å²) in [5.74, 6) is 0.508. The minimum atomic E-state index is -0.165. The number of halogens is 1. The third kappa shape index (κ3) is 5.35. The van der Waals surface area contributed by atoms with Gasteiger partial charge < -0.3 is 15.5 Å². The summed E-state index contributed by atoms with van der Waals surface area (Å²) >= 11 is 6.03. The highest BCUT2D eigenvalue weighted by Gasteiger charge is 2.11. The van der Waals surface area contributed by atoms with Crippen LogP contribution in [0.15, 0.2) is 12.3 Å². The second kappa shape index (κ2) is 8.76. The average molecular weight is 299 g/mol. The molecule has 2 N–H and O–H groups in total. The molecule has 0 aliphatic rings. The molecule has 1 aromatic heterocycles. The molecule has 0 saturated heterocycles. The Labute approximate surface area is 125 Å². The van der Waals surface area contributed by atoms with Gasteiger partial charge in [-0.15, -0.1) is 0 Å². The van der Waals surface area contributed by atoms with Crippen molar-refractivity contribution >= 4 is 23.3 Å². The van der Waals surface area contributed by atoms with Crippen molar-refractivity contribution < 1.29 is 4.79 Å². The number of likely N-dealkylation sites (N-methyl/N-ethyl adjacent to an activating group) is 1. The maximum atomic E-state index is 12.1. The number of pyridine rings is 1. The van der Waals surface area contributed by atoms with Crippen molar-refractivity contribution in [3.05, 3.63) is 22.8 Å². The first kappa shape index (κ1) is 16.7. The van der Waals surface area contributed by atoms with Crippen LogP contribution in [0.5, 0.6) is 0 Å². The summed E-state index contributed by atoms with van der Waals surface area (Å²) in [6, 6.07) is 1.69. The van der Waals surface area contributed by atoms with Gasteiger partial charge in [0, 0.05) is 25.8 Å². The van der Waals surface area contributed by atoms with Crippen molar-refractivity contribution in [2.24, 2.45) is 0 Å². The van der Waals surface area contributed by atoms with Crippen molar-refractivity contribution in [1.29, 1.82) is 0 Å². The van der Waals surface area contributed by atoms with Crippen LogP contribution in [0.3, 0.4) is 0 Å². The highest BCUT2D eigenvalue weighted by Crippen LogP contribution is 2.17. The van der Waals surface area contributed by atoms with Crippen molar-refractivity contribution in [2.75, 3.05) is 38.5 Å². The second-order valence-corrected chi connectivity index (χ2v) is 5.04. The van der Waals surface area contributed by atoms with Gasteiger partial charge >= 0.3 is 0 Å². The van der Waals surface area contributed by atoms with Gasteiger partial charge in [-0.25, -0.2) is 4.98 Å². The van der Waals surface area contributed by atoms with E-state index in [9.17, 15) is 4.79 Å². The Morgan fingerprint density at radius 3 is 2.80 bits per heavy atom. The molecule has 0 aliphatic carbocycles. The number of amides is 1. The normalized spacial score (nSPS) is 10.7. The second-order valence-electron chi connectivity index (χ2n) is 4.63. The van der Waals surface area contributed by atoms with Crippen LogP contribution in [-0.2, 0) is 0 Å². The minimum Gasteiger partial charge on any atom is -0.370 e. The zero-order valence-corrected chi connectivity index (χ0v) is 13.1. The highest BCUT2D eigenvalue weighted by molar-refractivity contribution is 6.33. The van der Waals surface area contributed by atoms with E-state index in [-0.39, 0.29) is 5.91 Å². The van der Waals surface area contributed by atoms with E-state index in [0.717, 1.165) is 26.1 Å². The molecule has 20 heavy (non-hydrogen) atoms. The molecule has 0 atom stereocenters. The van der Waals surface area contributed by atoms with Crippen LogP contribution in [0.25, 0.3) is 0 Å². The molecule has 0 fully saturated rings. The van der Waals surface area contributed by atoms with E-state index >= 15 is 0 Å². The van der Waals surface area contributed by atoms with Gasteiger partial charge in [0.25, 0.3) is 5.91 Å². The van der Waals surface area contributed by atoms with Gasteiger partial charge in [-0.05, 0) is 26.1 Å². The topological polar surface area (TPSA) is 57.3 Å². The molecule has 0 aromatic carbocycles. The van der Waals surface area contributed by atoms with Gasteiger partial charge in [0.1, 0.15) is 5.82 Å². The predicted molar refractivity (Wildman–Crippen MR) is 83.5 cm³/mol. The van der Waals surface area contributed by atoms with Gasteiger partial charge in [-0.1, -0.05) is 25.4 Å². The number of carbonyl (C=O) groups is 1. The first-order valence-corrected chi connectivity index (χ1v) is 7.32. The molecule has 1 aromatic rings. The smallest absolute Gasteiger partial charge is 0.253 e. The maximum absolute atomic E-state index is 12.1. The quantitative estimate of drug-likeness (QED) is 0.773. The van der Waals surface area contributed by atoms with Crippen LogP contribution in [-0.4, -0.2) is 49.0 Å². The Morgan fingerprint density at radius 2 is 2.15 bits per heavy atom. The van der Waals surface area contributed by atoms with Gasteiger partial charge in [0.2, 0.25) is 0 Å². The summed E-state index contributed by atoms with van der Waals surface area (Å²) in [5, 5.41) is 6.38. The first-order valence-electron chi connectivity index (χ1n) is 6.94. The van der Waals surface area contributed by atoms with Gasteiger partial charge in [-0.3, -0.25) is 4.79 Å². The summed E-state index contributed by atoms with van der Waals surface area (Å²) in [6.07, 6.45) is 2.50. The molecule has 0 bridgehead atoms. The van der Waals surface area contributed by atoms with Crippen LogP contribution < -0.4 is 10.6 Å². The lowest BCUT2D eigenvalue weighted by Crippen LogP contribution is -2.33. The molecular formula is C14H23ClN4O. The van der Waals surface area contributed by atoms with E-state index in [1.807, 2.05) is 7.05 Å². The number of aromatic nitrogens is 1. The lowest BCUT2D eigenvalue weighted by Gasteiger charge is -2.14. The molecule has 0 saturated carbocycles. The van der Waals surface area contributed by atoms with Gasteiger partial charge in [0.15, 0.2) is 0 Å². The Morgan fingerprint density at radius 1 is 1.40 bits per heavy atom. The number of nitrogens with zero attached hydrogens (tertiary/aromatic N) is 2. The third-order valence-corrected chi connectivity index (χ3v) is 3.28. The van der Waals surface area contributed by atoms with Crippen LogP contribution in [0.4, 0.5) is 5.82 Å². The van der Waals surface area contributed by atoms with Crippen molar-refractivity contribution in [3.63, 3.8) is 0 Å². The Bertz CT molecular complexity index is 439. The minimum absolute atomic E-state index is 0.165. The summed E-state index contributed by atoms with van der Waals surface area (Å²) in [6.45, 7) is 7.33. The van der Waals surface area contributed by atoms with E-state index in [2.05, 4.69) is 34.4 Å². The highest BCUT2D eigenvalue weighted by atomic mass is 35.5. The van der Waals surface area contributed by atoms with Crippen molar-refractivity contribution in [1.82, 2.24) is 15.2 Å². The molecule has 1 amide bonds. The van der Waals surface area contributed by atoms with Crippen LogP contribution in [0.1, 0.15) is 30.6 Å². The van der Waals surface area contributed by atoms with Crippen molar-refractivity contribution in [2.45, 2.75) is 20.3 Å². The lowest BCUT2D eigenvalue weighted by atomic mass is 10.2. The molecule has 0 unspecified atom stereocenters. The molecule has 0 radical (unpaired) electrons. The van der Waals surface area contributed by atoms with Crippen LogP contribution in [0, 0.1) is 0 Å². The third-order valence-electron chi connectivity index (χ3n) is 2.97. The van der Waals surface area contributed by atoms with E-state index < -0.39 is 0 Å². The number of hydrogen-bond acceptors (Lipinski definition) is 4. The molecule has 0 aliphatic heterocycles. The largest absolute Gasteiger partial charge is 0.370 e. The zero-order valence-electron chi connectivity index (χ0n) is 12.4. The predicted octanol–water partition coefficient (Wildman–Crippen LogP) is 2.24. The maximum Gasteiger partial charge on any atom is 0.253 e. The summed E-state index contributed by atoms with van der Waals surface area (Å²) in [4.78, 5) is 18.4. The van der Waals surface area contributed by atoms with Crippen LogP contribution in [0.2, 0.25) is 5.02 Å². The number of rotatable bonds is 8. The molecule has 0 spiro atoms. The number of anilines is 1. The molecule has 6 heteroatoms. The Balaban J connectivity index is 2.61. The monoisotopic (exact) mass is 298 g/mol. The van der Waals surface area contributed by atoms with Gasteiger partial charge in [-0.2, -0.15) is 0 Å². The average Bonchev–Trinajstić information content (AvgIpc) is 2.45. The summed E-state index contributed by atoms with van der Waals surface area (Å²) in [7, 11) is 2.01. The fourth-order valence-electron chi connectivity index (χ4n) is 1.58. The lowest BCUT2D eigenvalue weighted by molar-refractivity contribution is 0.0950. The number of hydrogen-bond donors (Lipinski definition) is 2. The molecule has 1 heterocycles. The van der Waals surface area contributed by atoms with E-state index in [0.29, 0.717) is 22.9 Å². The fourth-order valence-corrected chi connectivity index (χ4v) is 1.77. The zero-order chi connectivity index (χ0) is 15.0. The molecule has 1 rings (SSSR count). The molecular weight excluding hydrogens is 276 g/mol. The summed E-state index contributed by atoms with van der Waals surface area (Å²) < 4.78 is 0. The standard InChI is InChI=1S/C14H23ClN4O/c1-4-6-16-13-9-11(12(15)10-18-13)14(20)17-7-8-19(3)5-2/h9-10H,4-8H2,1-3H3,(H,16,18)(H,17,20). The van der Waals surface area contributed by atoms with E-state index in [4.69, 9.17) is 11.6 Å². The van der Waals surface area contributed by atoms with Crippen LogP contribution >= 0.6 is 11.6 Å². The van der Waals surface area contributed by atoms with Gasteiger partial charge in [0.05, 0.1) is 10.6 Å². The fraction of sp³-hybridized carbons (Fsp3) is 0.571. The number of carbonyl (C=O) groups excluding carboxylic acids is 1. The van der Waals surface area contributed by atoms with E-state index in [1.165, 1.54) is 6.20 Å². The number of nitrogens with one attached hydrogen (secondary N) is 2. The molecule has 112 valence electrons. The van der Waals surface area contributed by atoms with E-state index in [1.54, 1.807) is 6.07 Å². The summed E-state index contributed by atoms with van der Waals surface area (Å²) in [5.41, 5.74) is 0.458.